The van der Waals surface area contributed by atoms with Crippen LogP contribution in [0.5, 0.6) is 0 Å². The summed E-state index contributed by atoms with van der Waals surface area (Å²) in [5.74, 6) is 0. The predicted molar refractivity (Wildman–Crippen MR) is 53.4 cm³/mol. The van der Waals surface area contributed by atoms with E-state index in [-0.39, 0.29) is 0 Å². The monoisotopic (exact) mass is 170 g/mol. The van der Waals surface area contributed by atoms with Gasteiger partial charge in [-0.3, -0.25) is 0 Å². The van der Waals surface area contributed by atoms with Gasteiger partial charge in [0.05, 0.1) is 0 Å². The second-order valence-electron chi connectivity index (χ2n) is 4.84. The average molecular weight is 170 g/mol. The summed E-state index contributed by atoms with van der Waals surface area (Å²) in [4.78, 5) is 2.38. The van der Waals surface area contributed by atoms with Crippen LogP contribution >= 0.6 is 0 Å². The Morgan fingerprint density at radius 1 is 1.42 bits per heavy atom. The standard InChI is InChI=1S/C10H22N2/c1-9(2)11-6-5-10(3)7-12(4)8-10/h9,11H,5-8H2,1-4H3. The van der Waals surface area contributed by atoms with Crippen LogP contribution in [0.4, 0.5) is 0 Å². The van der Waals surface area contributed by atoms with Gasteiger partial charge in [-0.2, -0.15) is 0 Å². The highest BCUT2D eigenvalue weighted by molar-refractivity contribution is 4.89. The van der Waals surface area contributed by atoms with Crippen molar-refractivity contribution in [3.8, 4) is 0 Å². The van der Waals surface area contributed by atoms with E-state index in [9.17, 15) is 0 Å². The lowest BCUT2D eigenvalue weighted by Crippen LogP contribution is -2.53. The molecule has 1 fully saturated rings. The first kappa shape index (κ1) is 10.0. The van der Waals surface area contributed by atoms with E-state index >= 15 is 0 Å². The summed E-state index contributed by atoms with van der Waals surface area (Å²) in [6.07, 6.45) is 1.32. The summed E-state index contributed by atoms with van der Waals surface area (Å²) in [6, 6.07) is 0.631. The average Bonchev–Trinajstić information content (AvgIpc) is 1.83. The van der Waals surface area contributed by atoms with E-state index in [1.807, 2.05) is 0 Å². The summed E-state index contributed by atoms with van der Waals surface area (Å²) in [5, 5.41) is 3.47. The molecule has 1 saturated heterocycles. The Hall–Kier alpha value is -0.0800. The number of hydrogen-bond acceptors (Lipinski definition) is 2. The van der Waals surface area contributed by atoms with Crippen molar-refractivity contribution in [2.45, 2.75) is 33.2 Å². The van der Waals surface area contributed by atoms with Crippen molar-refractivity contribution in [1.82, 2.24) is 10.2 Å². The fourth-order valence-corrected chi connectivity index (χ4v) is 2.08. The van der Waals surface area contributed by atoms with E-state index in [0.717, 1.165) is 0 Å². The third-order valence-corrected chi connectivity index (χ3v) is 2.58. The summed E-state index contributed by atoms with van der Waals surface area (Å²) in [7, 11) is 2.19. The molecule has 0 unspecified atom stereocenters. The van der Waals surface area contributed by atoms with Gasteiger partial charge in [0, 0.05) is 19.1 Å². The molecule has 0 bridgehead atoms. The third kappa shape index (κ3) is 2.76. The van der Waals surface area contributed by atoms with Gasteiger partial charge in [-0.15, -0.1) is 0 Å². The van der Waals surface area contributed by atoms with Crippen LogP contribution in [0.25, 0.3) is 0 Å². The lowest BCUT2D eigenvalue weighted by Gasteiger charge is -2.46. The third-order valence-electron chi connectivity index (χ3n) is 2.58. The molecular formula is C10H22N2. The van der Waals surface area contributed by atoms with Gasteiger partial charge in [0.1, 0.15) is 0 Å². The van der Waals surface area contributed by atoms with E-state index in [1.165, 1.54) is 26.1 Å². The summed E-state index contributed by atoms with van der Waals surface area (Å²) in [5.41, 5.74) is 0.594. The van der Waals surface area contributed by atoms with E-state index < -0.39 is 0 Å². The molecule has 1 N–H and O–H groups in total. The maximum absolute atomic E-state index is 3.47. The molecule has 0 atom stereocenters. The first-order valence-corrected chi connectivity index (χ1v) is 4.94. The SMILES string of the molecule is CC(C)NCCC1(C)CN(C)C1. The smallest absolute Gasteiger partial charge is 0.00452 e. The molecule has 2 heteroatoms. The molecule has 0 aromatic rings. The molecule has 72 valence electrons. The molecule has 0 amide bonds. The highest BCUT2D eigenvalue weighted by Crippen LogP contribution is 2.31. The maximum Gasteiger partial charge on any atom is 0.00452 e. The molecule has 0 aliphatic carbocycles. The van der Waals surface area contributed by atoms with Crippen LogP contribution < -0.4 is 5.32 Å². The minimum Gasteiger partial charge on any atom is -0.315 e. The lowest BCUT2D eigenvalue weighted by molar-refractivity contribution is 0.0317. The van der Waals surface area contributed by atoms with Gasteiger partial charge in [-0.05, 0) is 25.4 Å². The molecule has 0 saturated carbocycles. The first-order valence-electron chi connectivity index (χ1n) is 4.94. The van der Waals surface area contributed by atoms with Crippen LogP contribution in [0.1, 0.15) is 27.2 Å². The number of nitrogens with zero attached hydrogens (tertiary/aromatic N) is 1. The van der Waals surface area contributed by atoms with Crippen LogP contribution in [0.15, 0.2) is 0 Å². The zero-order valence-electron chi connectivity index (χ0n) is 8.85. The second kappa shape index (κ2) is 3.75. The molecule has 0 aromatic heterocycles. The van der Waals surface area contributed by atoms with Crippen LogP contribution in [0, 0.1) is 5.41 Å². The molecule has 1 aliphatic rings. The minimum absolute atomic E-state index is 0.594. The Labute approximate surface area is 76.3 Å². The molecule has 2 nitrogen and oxygen atoms in total. The van der Waals surface area contributed by atoms with Crippen molar-refractivity contribution >= 4 is 0 Å². The van der Waals surface area contributed by atoms with Gasteiger partial charge in [-0.25, -0.2) is 0 Å². The highest BCUT2D eigenvalue weighted by Gasteiger charge is 2.35. The molecule has 0 radical (unpaired) electrons. The number of nitrogens with one attached hydrogen (secondary N) is 1. The zero-order valence-corrected chi connectivity index (χ0v) is 8.85. The molecule has 12 heavy (non-hydrogen) atoms. The van der Waals surface area contributed by atoms with Gasteiger partial charge in [0.2, 0.25) is 0 Å². The van der Waals surface area contributed by atoms with Crippen molar-refractivity contribution in [1.29, 1.82) is 0 Å². The Bertz CT molecular complexity index is 137. The number of likely N-dealkylation sites (tertiary alicyclic amines) is 1. The normalized spacial score (nSPS) is 22.8. The van der Waals surface area contributed by atoms with Crippen molar-refractivity contribution < 1.29 is 0 Å². The molecule has 1 heterocycles. The van der Waals surface area contributed by atoms with Gasteiger partial charge in [0.15, 0.2) is 0 Å². The van der Waals surface area contributed by atoms with Crippen LogP contribution in [0.2, 0.25) is 0 Å². The minimum atomic E-state index is 0.594. The van der Waals surface area contributed by atoms with Crippen molar-refractivity contribution in [2.24, 2.45) is 5.41 Å². The van der Waals surface area contributed by atoms with Gasteiger partial charge >= 0.3 is 0 Å². The Morgan fingerprint density at radius 2 is 2.00 bits per heavy atom. The quantitative estimate of drug-likeness (QED) is 0.684. The lowest BCUT2D eigenvalue weighted by atomic mass is 9.79. The Kier molecular flexibility index (Phi) is 3.13. The fourth-order valence-electron chi connectivity index (χ4n) is 2.08. The van der Waals surface area contributed by atoms with Gasteiger partial charge in [0.25, 0.3) is 0 Å². The van der Waals surface area contributed by atoms with Gasteiger partial charge in [-0.1, -0.05) is 20.8 Å². The van der Waals surface area contributed by atoms with E-state index in [1.54, 1.807) is 0 Å². The number of hydrogen-bond donors (Lipinski definition) is 1. The van der Waals surface area contributed by atoms with E-state index in [0.29, 0.717) is 11.5 Å². The van der Waals surface area contributed by atoms with E-state index in [2.05, 4.69) is 38.0 Å². The second-order valence-corrected chi connectivity index (χ2v) is 4.84. The van der Waals surface area contributed by atoms with Crippen molar-refractivity contribution in [2.75, 3.05) is 26.7 Å². The largest absolute Gasteiger partial charge is 0.315 e. The highest BCUT2D eigenvalue weighted by atomic mass is 15.2. The van der Waals surface area contributed by atoms with E-state index in [4.69, 9.17) is 0 Å². The van der Waals surface area contributed by atoms with Crippen molar-refractivity contribution in [3.63, 3.8) is 0 Å². The predicted octanol–water partition coefficient (Wildman–Crippen LogP) is 1.33. The fraction of sp³-hybridized carbons (Fsp3) is 1.00. The molecular weight excluding hydrogens is 148 g/mol. The van der Waals surface area contributed by atoms with Gasteiger partial charge < -0.3 is 10.2 Å². The Morgan fingerprint density at radius 3 is 2.42 bits per heavy atom. The summed E-state index contributed by atoms with van der Waals surface area (Å²) < 4.78 is 0. The Balaban J connectivity index is 2.07. The van der Waals surface area contributed by atoms with Crippen LogP contribution in [-0.2, 0) is 0 Å². The van der Waals surface area contributed by atoms with Crippen LogP contribution in [-0.4, -0.2) is 37.6 Å². The van der Waals surface area contributed by atoms with Crippen LogP contribution in [0.3, 0.4) is 0 Å². The molecule has 1 rings (SSSR count). The molecule has 1 aliphatic heterocycles. The first-order chi connectivity index (χ1) is 5.52. The maximum atomic E-state index is 3.47. The molecule has 0 spiro atoms. The van der Waals surface area contributed by atoms with Crippen molar-refractivity contribution in [3.05, 3.63) is 0 Å². The summed E-state index contributed by atoms with van der Waals surface area (Å²) in [6.45, 7) is 10.5. The number of rotatable bonds is 4. The summed E-state index contributed by atoms with van der Waals surface area (Å²) >= 11 is 0. The topological polar surface area (TPSA) is 15.3 Å². The zero-order chi connectivity index (χ0) is 9.19. The molecule has 0 aromatic carbocycles.